The maximum Gasteiger partial charge on any atom is 0.354 e. The molecule has 0 aliphatic carbocycles. The average Bonchev–Trinajstić information content (AvgIpc) is 3.35. The van der Waals surface area contributed by atoms with Crippen molar-refractivity contribution < 1.29 is 23.5 Å². The second-order valence-corrected chi connectivity index (χ2v) is 6.90. The lowest BCUT2D eigenvalue weighted by molar-refractivity contribution is 0.0588. The molecule has 0 aliphatic rings. The van der Waals surface area contributed by atoms with Gasteiger partial charge in [0.25, 0.3) is 5.91 Å². The van der Waals surface area contributed by atoms with Gasteiger partial charge in [0, 0.05) is 37.2 Å². The van der Waals surface area contributed by atoms with E-state index < -0.39 is 11.9 Å². The van der Waals surface area contributed by atoms with E-state index in [1.54, 1.807) is 62.1 Å². The smallest absolute Gasteiger partial charge is 0.354 e. The highest BCUT2D eigenvalue weighted by atomic mass is 16.5. The van der Waals surface area contributed by atoms with E-state index in [2.05, 4.69) is 4.98 Å². The summed E-state index contributed by atoms with van der Waals surface area (Å²) in [6.07, 6.45) is 4.66. The van der Waals surface area contributed by atoms with Crippen molar-refractivity contribution in [1.82, 2.24) is 14.5 Å². The fourth-order valence-electron chi connectivity index (χ4n) is 3.49. The van der Waals surface area contributed by atoms with Gasteiger partial charge in [-0.25, -0.2) is 4.79 Å². The highest BCUT2D eigenvalue weighted by Gasteiger charge is 2.28. The molecule has 3 aromatic heterocycles. The molecule has 156 valence electrons. The van der Waals surface area contributed by atoms with Crippen molar-refractivity contribution in [2.24, 2.45) is 7.05 Å². The second-order valence-electron chi connectivity index (χ2n) is 6.90. The standard InChI is InChI=1S/C22H23N3O5/c1-14-19(15(2)24(3)20(14)22(28)29-4)17(26)13-25(12-16-7-9-23-10-8-16)21(27)18-6-5-11-30-18/h5-11H,12-13H2,1-4H3. The van der Waals surface area contributed by atoms with Crippen molar-refractivity contribution in [2.45, 2.75) is 20.4 Å². The Bertz CT molecular complexity index is 1070. The quantitative estimate of drug-likeness (QED) is 0.440. The summed E-state index contributed by atoms with van der Waals surface area (Å²) in [5.74, 6) is -1.04. The number of Topliss-reactive ketones (excluding diaryl/α,β-unsaturated/α-hetero) is 1. The molecular weight excluding hydrogens is 386 g/mol. The van der Waals surface area contributed by atoms with Crippen molar-refractivity contribution in [2.75, 3.05) is 13.7 Å². The van der Waals surface area contributed by atoms with E-state index in [1.807, 2.05) is 0 Å². The number of amides is 1. The number of furan rings is 1. The minimum atomic E-state index is -0.516. The minimum Gasteiger partial charge on any atom is -0.464 e. The summed E-state index contributed by atoms with van der Waals surface area (Å²) in [4.78, 5) is 43.7. The number of carbonyl (C=O) groups excluding carboxylic acids is 3. The first-order valence-corrected chi connectivity index (χ1v) is 9.34. The largest absolute Gasteiger partial charge is 0.464 e. The molecule has 0 atom stereocenters. The lowest BCUT2D eigenvalue weighted by Crippen LogP contribution is -2.35. The summed E-state index contributed by atoms with van der Waals surface area (Å²) in [5.41, 5.74) is 2.71. The van der Waals surface area contributed by atoms with Gasteiger partial charge >= 0.3 is 5.97 Å². The third kappa shape index (κ3) is 4.03. The van der Waals surface area contributed by atoms with Gasteiger partial charge in [-0.3, -0.25) is 14.6 Å². The van der Waals surface area contributed by atoms with Crippen LogP contribution in [0.1, 0.15) is 48.2 Å². The van der Waals surface area contributed by atoms with E-state index in [4.69, 9.17) is 9.15 Å². The number of ether oxygens (including phenoxy) is 1. The van der Waals surface area contributed by atoms with Gasteiger partial charge in [-0.05, 0) is 49.2 Å². The van der Waals surface area contributed by atoms with E-state index in [0.29, 0.717) is 22.5 Å². The summed E-state index contributed by atoms with van der Waals surface area (Å²) < 4.78 is 11.7. The first-order valence-electron chi connectivity index (χ1n) is 9.34. The third-order valence-electron chi connectivity index (χ3n) is 5.06. The van der Waals surface area contributed by atoms with Crippen LogP contribution in [0.5, 0.6) is 0 Å². The Labute approximate surface area is 174 Å². The number of carbonyl (C=O) groups is 3. The molecule has 8 nitrogen and oxygen atoms in total. The number of ketones is 1. The number of methoxy groups -OCH3 is 1. The summed E-state index contributed by atoms with van der Waals surface area (Å²) in [6, 6.07) is 6.73. The monoisotopic (exact) mass is 409 g/mol. The Morgan fingerprint density at radius 2 is 1.87 bits per heavy atom. The predicted molar refractivity (Wildman–Crippen MR) is 108 cm³/mol. The lowest BCUT2D eigenvalue weighted by Gasteiger charge is -2.21. The zero-order chi connectivity index (χ0) is 21.8. The summed E-state index contributed by atoms with van der Waals surface area (Å²) in [7, 11) is 3.00. The van der Waals surface area contributed by atoms with E-state index in [0.717, 1.165) is 5.56 Å². The molecule has 0 radical (unpaired) electrons. The maximum atomic E-state index is 13.2. The van der Waals surface area contributed by atoms with Crippen LogP contribution >= 0.6 is 0 Å². The average molecular weight is 409 g/mol. The molecule has 8 heteroatoms. The molecule has 0 aromatic carbocycles. The third-order valence-corrected chi connectivity index (χ3v) is 5.06. The van der Waals surface area contributed by atoms with Crippen LogP contribution in [0.3, 0.4) is 0 Å². The first-order chi connectivity index (χ1) is 14.3. The van der Waals surface area contributed by atoms with Crippen molar-refractivity contribution in [1.29, 1.82) is 0 Å². The molecule has 0 N–H and O–H groups in total. The topological polar surface area (TPSA) is 94.6 Å². The number of hydrogen-bond donors (Lipinski definition) is 0. The van der Waals surface area contributed by atoms with Crippen LogP contribution < -0.4 is 0 Å². The highest BCUT2D eigenvalue weighted by molar-refractivity contribution is 6.05. The van der Waals surface area contributed by atoms with Gasteiger partial charge in [0.1, 0.15) is 5.69 Å². The molecular formula is C22H23N3O5. The SMILES string of the molecule is COC(=O)c1c(C)c(C(=O)CN(Cc2ccncc2)C(=O)c2ccco2)c(C)n1C. The Morgan fingerprint density at radius 1 is 1.17 bits per heavy atom. The van der Waals surface area contributed by atoms with Crippen LogP contribution in [0, 0.1) is 13.8 Å². The van der Waals surface area contributed by atoms with Gasteiger partial charge in [-0.1, -0.05) is 0 Å². The van der Waals surface area contributed by atoms with Gasteiger partial charge in [-0.15, -0.1) is 0 Å². The minimum absolute atomic E-state index is 0.147. The second kappa shape index (κ2) is 8.77. The van der Waals surface area contributed by atoms with Crippen molar-refractivity contribution >= 4 is 17.7 Å². The van der Waals surface area contributed by atoms with Gasteiger partial charge in [0.2, 0.25) is 0 Å². The molecule has 0 aliphatic heterocycles. The maximum absolute atomic E-state index is 13.2. The molecule has 1 amide bonds. The fraction of sp³-hybridized carbons (Fsp3) is 0.273. The van der Waals surface area contributed by atoms with Crippen molar-refractivity contribution in [3.8, 4) is 0 Å². The number of pyridine rings is 1. The normalized spacial score (nSPS) is 10.7. The first kappa shape index (κ1) is 21.0. The Morgan fingerprint density at radius 3 is 2.47 bits per heavy atom. The number of nitrogens with zero attached hydrogens (tertiary/aromatic N) is 3. The highest BCUT2D eigenvalue weighted by Crippen LogP contribution is 2.23. The fourth-order valence-corrected chi connectivity index (χ4v) is 3.49. The van der Waals surface area contributed by atoms with E-state index >= 15 is 0 Å². The Hall–Kier alpha value is -3.68. The molecule has 0 saturated carbocycles. The molecule has 0 spiro atoms. The predicted octanol–water partition coefficient (Wildman–Crippen LogP) is 2.94. The van der Waals surface area contributed by atoms with Crippen LogP contribution in [0.15, 0.2) is 47.3 Å². The Kier molecular flexibility index (Phi) is 6.15. The molecule has 3 heterocycles. The molecule has 0 unspecified atom stereocenters. The number of aromatic nitrogens is 2. The van der Waals surface area contributed by atoms with Crippen LogP contribution in [-0.2, 0) is 18.3 Å². The Balaban J connectivity index is 1.94. The van der Waals surface area contributed by atoms with Crippen LogP contribution in [0.4, 0.5) is 0 Å². The van der Waals surface area contributed by atoms with Gasteiger partial charge in [-0.2, -0.15) is 0 Å². The van der Waals surface area contributed by atoms with Crippen LogP contribution in [0.2, 0.25) is 0 Å². The number of rotatable bonds is 7. The van der Waals surface area contributed by atoms with Crippen molar-refractivity contribution in [3.63, 3.8) is 0 Å². The van der Waals surface area contributed by atoms with Crippen LogP contribution in [-0.4, -0.2) is 45.8 Å². The van der Waals surface area contributed by atoms with E-state index in [1.165, 1.54) is 18.3 Å². The lowest BCUT2D eigenvalue weighted by atomic mass is 10.0. The molecule has 0 fully saturated rings. The molecule has 3 rings (SSSR count). The van der Waals surface area contributed by atoms with Gasteiger partial charge in [0.05, 0.1) is 19.9 Å². The van der Waals surface area contributed by atoms with Gasteiger partial charge < -0.3 is 18.6 Å². The summed E-state index contributed by atoms with van der Waals surface area (Å²) >= 11 is 0. The molecule has 0 saturated heterocycles. The molecule has 30 heavy (non-hydrogen) atoms. The zero-order valence-corrected chi connectivity index (χ0v) is 17.3. The van der Waals surface area contributed by atoms with Crippen LogP contribution in [0.25, 0.3) is 0 Å². The summed E-state index contributed by atoms with van der Waals surface area (Å²) in [5, 5.41) is 0. The van der Waals surface area contributed by atoms with E-state index in [9.17, 15) is 14.4 Å². The number of esters is 1. The molecule has 3 aromatic rings. The van der Waals surface area contributed by atoms with Gasteiger partial charge in [0.15, 0.2) is 11.5 Å². The molecule has 0 bridgehead atoms. The number of hydrogen-bond acceptors (Lipinski definition) is 6. The summed E-state index contributed by atoms with van der Waals surface area (Å²) in [6.45, 7) is 3.50. The van der Waals surface area contributed by atoms with Crippen molar-refractivity contribution in [3.05, 3.63) is 76.8 Å². The zero-order valence-electron chi connectivity index (χ0n) is 17.3. The van der Waals surface area contributed by atoms with E-state index in [-0.39, 0.29) is 24.6 Å².